The lowest BCUT2D eigenvalue weighted by Crippen LogP contribution is -2.41. The average molecular weight is 511 g/mol. The summed E-state index contributed by atoms with van der Waals surface area (Å²) in [7, 11) is 0. The van der Waals surface area contributed by atoms with Gasteiger partial charge in [0.25, 0.3) is 5.56 Å². The summed E-state index contributed by atoms with van der Waals surface area (Å²) in [4.78, 5) is 34.6. The molecule has 0 bridgehead atoms. The summed E-state index contributed by atoms with van der Waals surface area (Å²) in [6.45, 7) is 8.83. The molecule has 198 valence electrons. The number of nitrogens with one attached hydrogen (secondary N) is 1. The quantitative estimate of drug-likeness (QED) is 0.224. The summed E-state index contributed by atoms with van der Waals surface area (Å²) in [6.07, 6.45) is 4.77. The molecule has 6 heteroatoms. The summed E-state index contributed by atoms with van der Waals surface area (Å²) >= 11 is 0. The number of amides is 2. The van der Waals surface area contributed by atoms with Gasteiger partial charge in [-0.25, -0.2) is 9.78 Å². The maximum Gasteiger partial charge on any atom is 0.322 e. The second kappa shape index (κ2) is 12.5. The van der Waals surface area contributed by atoms with Gasteiger partial charge in [0, 0.05) is 12.2 Å². The minimum Gasteiger partial charge on any atom is -0.314 e. The molecular formula is C32H38N4O2. The number of fused-ring (bicyclic) bond motifs is 1. The van der Waals surface area contributed by atoms with Gasteiger partial charge in [0.15, 0.2) is 0 Å². The lowest BCUT2D eigenvalue weighted by atomic mass is 10.1. The van der Waals surface area contributed by atoms with E-state index < -0.39 is 0 Å². The van der Waals surface area contributed by atoms with Crippen LogP contribution in [0.1, 0.15) is 68.9 Å². The number of carbonyl (C=O) groups is 1. The van der Waals surface area contributed by atoms with Crippen LogP contribution in [0.15, 0.2) is 77.6 Å². The normalized spacial score (nSPS) is 11.9. The Hall–Kier alpha value is -3.93. The number of benzene rings is 3. The summed E-state index contributed by atoms with van der Waals surface area (Å²) in [5.74, 6) is 0.579. The molecule has 0 spiro atoms. The topological polar surface area (TPSA) is 67.2 Å². The lowest BCUT2D eigenvalue weighted by molar-refractivity contribution is 0.179. The number of aromatic nitrogens is 2. The highest BCUT2D eigenvalue weighted by Gasteiger charge is 2.29. The van der Waals surface area contributed by atoms with Crippen LogP contribution < -0.4 is 10.9 Å². The van der Waals surface area contributed by atoms with Crippen molar-refractivity contribution < 1.29 is 4.79 Å². The van der Waals surface area contributed by atoms with Crippen molar-refractivity contribution in [3.63, 3.8) is 0 Å². The van der Waals surface area contributed by atoms with E-state index in [2.05, 4.69) is 12.2 Å². The molecule has 3 aromatic carbocycles. The molecule has 0 fully saturated rings. The third-order valence-corrected chi connectivity index (χ3v) is 6.94. The fourth-order valence-electron chi connectivity index (χ4n) is 4.89. The molecule has 1 unspecified atom stereocenters. The fraction of sp³-hybridized carbons (Fsp3) is 0.344. The van der Waals surface area contributed by atoms with E-state index in [0.717, 1.165) is 48.2 Å². The third-order valence-electron chi connectivity index (χ3n) is 6.94. The van der Waals surface area contributed by atoms with E-state index in [-0.39, 0.29) is 17.6 Å². The predicted molar refractivity (Wildman–Crippen MR) is 156 cm³/mol. The van der Waals surface area contributed by atoms with Crippen molar-refractivity contribution in [1.29, 1.82) is 0 Å². The van der Waals surface area contributed by atoms with Crippen LogP contribution in [-0.2, 0) is 0 Å². The van der Waals surface area contributed by atoms with Crippen LogP contribution in [0.4, 0.5) is 10.5 Å². The summed E-state index contributed by atoms with van der Waals surface area (Å²) < 4.78 is 1.69. The van der Waals surface area contributed by atoms with E-state index in [4.69, 9.17) is 4.98 Å². The maximum absolute atomic E-state index is 13.9. The van der Waals surface area contributed by atoms with E-state index in [9.17, 15) is 9.59 Å². The number of carbonyl (C=O) groups excluding carboxylic acids is 1. The van der Waals surface area contributed by atoms with Crippen molar-refractivity contribution in [2.75, 3.05) is 11.9 Å². The summed E-state index contributed by atoms with van der Waals surface area (Å²) in [6, 6.07) is 22.5. The van der Waals surface area contributed by atoms with E-state index in [1.807, 2.05) is 98.5 Å². The Bertz CT molecular complexity index is 1440. The number of aryl methyl sites for hydroxylation is 2. The average Bonchev–Trinajstić information content (AvgIpc) is 2.91. The first kappa shape index (κ1) is 27.1. The van der Waals surface area contributed by atoms with E-state index in [1.165, 1.54) is 0 Å². The van der Waals surface area contributed by atoms with Crippen LogP contribution in [0, 0.1) is 13.8 Å². The van der Waals surface area contributed by atoms with Crippen molar-refractivity contribution >= 4 is 22.6 Å². The second-order valence-corrected chi connectivity index (χ2v) is 9.94. The zero-order chi connectivity index (χ0) is 27.1. The molecule has 1 aromatic heterocycles. The number of rotatable bonds is 10. The van der Waals surface area contributed by atoms with Crippen molar-refractivity contribution in [3.8, 4) is 5.69 Å². The molecule has 0 aliphatic rings. The van der Waals surface area contributed by atoms with Gasteiger partial charge in [0.2, 0.25) is 0 Å². The molecule has 0 aliphatic carbocycles. The Kier molecular flexibility index (Phi) is 8.95. The van der Waals surface area contributed by atoms with Crippen LogP contribution >= 0.6 is 0 Å². The molecule has 38 heavy (non-hydrogen) atoms. The summed E-state index contributed by atoms with van der Waals surface area (Å²) in [5, 5.41) is 3.66. The van der Waals surface area contributed by atoms with Gasteiger partial charge in [-0.1, -0.05) is 75.1 Å². The first-order valence-corrected chi connectivity index (χ1v) is 13.7. The van der Waals surface area contributed by atoms with Crippen molar-refractivity contribution in [2.24, 2.45) is 0 Å². The Morgan fingerprint density at radius 1 is 0.921 bits per heavy atom. The Balaban J connectivity index is 1.83. The standard InChI is InChI=1S/C32H38N4O2/c1-5-7-8-11-21-35(32(38)33-25-14-12-13-24(4)22-25)29(6-2)30-34-28-16-10-9-15-27(28)31(37)36(30)26-19-17-23(3)18-20-26/h9-10,12-20,22,29H,5-8,11,21H2,1-4H3,(H,33,38). The SMILES string of the molecule is CCCCCCN(C(=O)Nc1cccc(C)c1)C(CC)c1nc2ccccc2c(=O)n1-c1ccc(C)cc1. The highest BCUT2D eigenvalue weighted by atomic mass is 16.2. The van der Waals surface area contributed by atoms with Crippen molar-refractivity contribution in [3.05, 3.63) is 100 Å². The minimum atomic E-state index is -0.389. The number of urea groups is 1. The number of unbranched alkanes of at least 4 members (excludes halogenated alkanes) is 3. The molecule has 4 aromatic rings. The molecule has 0 aliphatic heterocycles. The highest BCUT2D eigenvalue weighted by molar-refractivity contribution is 5.89. The molecule has 0 saturated carbocycles. The first-order chi connectivity index (χ1) is 18.4. The van der Waals surface area contributed by atoms with E-state index in [1.54, 1.807) is 4.57 Å². The van der Waals surface area contributed by atoms with Crippen molar-refractivity contribution in [1.82, 2.24) is 14.5 Å². The van der Waals surface area contributed by atoms with Gasteiger partial charge < -0.3 is 10.2 Å². The van der Waals surface area contributed by atoms with Gasteiger partial charge in [0.1, 0.15) is 5.82 Å². The third kappa shape index (κ3) is 6.13. The van der Waals surface area contributed by atoms with E-state index in [0.29, 0.717) is 29.7 Å². The monoisotopic (exact) mass is 510 g/mol. The number of nitrogens with zero attached hydrogens (tertiary/aromatic N) is 3. The minimum absolute atomic E-state index is 0.127. The van der Waals surface area contributed by atoms with E-state index >= 15 is 0 Å². The molecule has 1 atom stereocenters. The lowest BCUT2D eigenvalue weighted by Gasteiger charge is -2.32. The van der Waals surface area contributed by atoms with Gasteiger partial charge in [0.05, 0.1) is 22.6 Å². The summed E-state index contributed by atoms with van der Waals surface area (Å²) in [5.41, 5.74) is 4.20. The highest BCUT2D eigenvalue weighted by Crippen LogP contribution is 2.27. The largest absolute Gasteiger partial charge is 0.322 e. The number of para-hydroxylation sites is 1. The second-order valence-electron chi connectivity index (χ2n) is 9.94. The van der Waals surface area contributed by atoms with Crippen LogP contribution in [0.25, 0.3) is 16.6 Å². The van der Waals surface area contributed by atoms with Gasteiger partial charge in [-0.2, -0.15) is 0 Å². The Morgan fingerprint density at radius 3 is 2.39 bits per heavy atom. The molecule has 4 rings (SSSR count). The fourth-order valence-corrected chi connectivity index (χ4v) is 4.89. The van der Waals surface area contributed by atoms with Crippen molar-refractivity contribution in [2.45, 2.75) is 65.8 Å². The van der Waals surface area contributed by atoms with Gasteiger partial charge in [-0.3, -0.25) is 9.36 Å². The molecule has 6 nitrogen and oxygen atoms in total. The van der Waals surface area contributed by atoms with Crippen LogP contribution in [0.5, 0.6) is 0 Å². The van der Waals surface area contributed by atoms with Crippen LogP contribution in [0.2, 0.25) is 0 Å². The number of hydrogen-bond donors (Lipinski definition) is 1. The molecule has 1 N–H and O–H groups in total. The smallest absolute Gasteiger partial charge is 0.314 e. The van der Waals surface area contributed by atoms with Gasteiger partial charge in [-0.15, -0.1) is 0 Å². The molecular weight excluding hydrogens is 472 g/mol. The maximum atomic E-state index is 13.9. The first-order valence-electron chi connectivity index (χ1n) is 13.7. The number of hydrogen-bond acceptors (Lipinski definition) is 3. The zero-order valence-corrected chi connectivity index (χ0v) is 22.9. The predicted octanol–water partition coefficient (Wildman–Crippen LogP) is 7.57. The number of anilines is 1. The molecule has 0 radical (unpaired) electrons. The zero-order valence-electron chi connectivity index (χ0n) is 22.9. The molecule has 2 amide bonds. The van der Waals surface area contributed by atoms with Gasteiger partial charge in [-0.05, 0) is 68.7 Å². The van der Waals surface area contributed by atoms with Crippen LogP contribution in [0.3, 0.4) is 0 Å². The molecule has 1 heterocycles. The Labute approximate surface area is 225 Å². The Morgan fingerprint density at radius 2 is 1.68 bits per heavy atom. The van der Waals surface area contributed by atoms with Gasteiger partial charge >= 0.3 is 6.03 Å². The molecule has 0 saturated heterocycles. The van der Waals surface area contributed by atoms with Crippen LogP contribution in [-0.4, -0.2) is 27.0 Å².